The Bertz CT molecular complexity index is 1100. The Morgan fingerprint density at radius 3 is 2.73 bits per heavy atom. The van der Waals surface area contributed by atoms with Crippen LogP contribution in [0.2, 0.25) is 0 Å². The summed E-state index contributed by atoms with van der Waals surface area (Å²) in [6, 6.07) is 9.66. The highest BCUT2D eigenvalue weighted by atomic mass is 16.5. The van der Waals surface area contributed by atoms with E-state index in [0.29, 0.717) is 49.7 Å². The van der Waals surface area contributed by atoms with Crippen LogP contribution in [0.5, 0.6) is 11.6 Å². The molecule has 0 spiro atoms. The van der Waals surface area contributed by atoms with Gasteiger partial charge in [-0.1, -0.05) is 30.1 Å². The van der Waals surface area contributed by atoms with E-state index in [4.69, 9.17) is 24.2 Å². The lowest BCUT2D eigenvalue weighted by molar-refractivity contribution is 0.169. The number of nitrogens with zero attached hydrogens (tertiary/aromatic N) is 3. The maximum atomic E-state index is 9.08. The molecule has 0 unspecified atom stereocenters. The minimum atomic E-state index is -0.280. The Labute approximate surface area is 218 Å². The molecule has 1 fully saturated rings. The molecule has 1 aliphatic rings. The summed E-state index contributed by atoms with van der Waals surface area (Å²) in [5.41, 5.74) is 2.98. The average Bonchev–Trinajstić information content (AvgIpc) is 3.62. The molecule has 200 valence electrons. The first-order valence-electron chi connectivity index (χ1n) is 13.2. The van der Waals surface area contributed by atoms with Crippen molar-refractivity contribution >= 4 is 0 Å². The summed E-state index contributed by atoms with van der Waals surface area (Å²) in [5.74, 6) is 3.08. The third-order valence-electron chi connectivity index (χ3n) is 6.73. The third kappa shape index (κ3) is 7.99. The van der Waals surface area contributed by atoms with Crippen molar-refractivity contribution in [3.8, 4) is 23.1 Å². The average molecular weight is 511 g/mol. The zero-order valence-corrected chi connectivity index (χ0v) is 21.6. The number of pyridine rings is 1. The molecule has 2 heterocycles. The number of ether oxygens (including phenoxy) is 2. The predicted octanol–water partition coefficient (Wildman–Crippen LogP) is 3.51. The van der Waals surface area contributed by atoms with Crippen LogP contribution in [0.4, 0.5) is 0 Å². The van der Waals surface area contributed by atoms with Crippen LogP contribution in [0.3, 0.4) is 0 Å². The van der Waals surface area contributed by atoms with Crippen molar-refractivity contribution in [1.29, 1.82) is 0 Å². The zero-order chi connectivity index (χ0) is 25.9. The summed E-state index contributed by atoms with van der Waals surface area (Å²) in [4.78, 5) is 9.00. The number of nitrogens with one attached hydrogen (secondary N) is 1. The molecule has 0 atom stereocenters. The van der Waals surface area contributed by atoms with E-state index in [0.717, 1.165) is 29.7 Å². The van der Waals surface area contributed by atoms with Gasteiger partial charge in [0.2, 0.25) is 5.88 Å². The van der Waals surface area contributed by atoms with Gasteiger partial charge in [0, 0.05) is 12.6 Å². The molecule has 0 radical (unpaired) electrons. The minimum Gasteiger partial charge on any atom is -0.493 e. The van der Waals surface area contributed by atoms with E-state index >= 15 is 0 Å². The van der Waals surface area contributed by atoms with Crippen LogP contribution in [0.1, 0.15) is 49.1 Å². The number of hydrogen-bond donors (Lipinski definition) is 3. The summed E-state index contributed by atoms with van der Waals surface area (Å²) in [6.07, 6.45) is 8.94. The van der Waals surface area contributed by atoms with Crippen molar-refractivity contribution < 1.29 is 24.2 Å². The molecule has 1 saturated carbocycles. The van der Waals surface area contributed by atoms with Gasteiger partial charge < -0.3 is 29.5 Å². The molecule has 2 aromatic heterocycles. The molecule has 3 aromatic rings. The predicted molar refractivity (Wildman–Crippen MR) is 140 cm³/mol. The van der Waals surface area contributed by atoms with Crippen LogP contribution >= 0.6 is 0 Å². The van der Waals surface area contributed by atoms with Crippen LogP contribution < -0.4 is 14.8 Å². The number of aryl methyl sites for hydroxylation is 3. The monoisotopic (exact) mass is 510 g/mol. The van der Waals surface area contributed by atoms with Gasteiger partial charge in [0.25, 0.3) is 5.89 Å². The second kappa shape index (κ2) is 14.1. The smallest absolute Gasteiger partial charge is 0.263 e. The number of aliphatic hydroxyl groups excluding tert-OH is 2. The second-order valence-corrected chi connectivity index (χ2v) is 9.65. The Kier molecular flexibility index (Phi) is 10.3. The van der Waals surface area contributed by atoms with Crippen LogP contribution in [0.15, 0.2) is 41.1 Å². The van der Waals surface area contributed by atoms with E-state index in [9.17, 15) is 0 Å². The molecule has 0 bridgehead atoms. The molecular formula is C28H38N4O5. The molecule has 0 aliphatic heterocycles. The van der Waals surface area contributed by atoms with Crippen molar-refractivity contribution in [2.75, 3.05) is 33.0 Å². The lowest BCUT2D eigenvalue weighted by Gasteiger charge is -2.14. The zero-order valence-electron chi connectivity index (χ0n) is 21.6. The molecule has 9 nitrogen and oxygen atoms in total. The molecule has 0 saturated heterocycles. The first-order valence-corrected chi connectivity index (χ1v) is 13.2. The van der Waals surface area contributed by atoms with Gasteiger partial charge in [-0.05, 0) is 74.4 Å². The molecular weight excluding hydrogens is 472 g/mol. The molecule has 1 aliphatic carbocycles. The van der Waals surface area contributed by atoms with Gasteiger partial charge in [-0.15, -0.1) is 0 Å². The second-order valence-electron chi connectivity index (χ2n) is 9.65. The topological polar surface area (TPSA) is 123 Å². The third-order valence-corrected chi connectivity index (χ3v) is 6.73. The van der Waals surface area contributed by atoms with Crippen molar-refractivity contribution in [2.45, 2.75) is 57.9 Å². The van der Waals surface area contributed by atoms with Crippen LogP contribution in [-0.2, 0) is 12.8 Å². The van der Waals surface area contributed by atoms with E-state index in [1.54, 1.807) is 6.20 Å². The Morgan fingerprint density at radius 1 is 1.11 bits per heavy atom. The number of benzene rings is 1. The summed E-state index contributed by atoms with van der Waals surface area (Å²) >= 11 is 0. The first kappa shape index (κ1) is 27.0. The Hall–Kier alpha value is -3.01. The number of aromatic nitrogens is 3. The molecule has 3 N–H and O–H groups in total. The molecule has 37 heavy (non-hydrogen) atoms. The van der Waals surface area contributed by atoms with Gasteiger partial charge in [0.1, 0.15) is 11.3 Å². The summed E-state index contributed by atoms with van der Waals surface area (Å²) in [5, 5.41) is 25.4. The minimum absolute atomic E-state index is 0.0810. The van der Waals surface area contributed by atoms with Gasteiger partial charge in [0.05, 0.1) is 32.5 Å². The highest BCUT2D eigenvalue weighted by Crippen LogP contribution is 2.30. The lowest BCUT2D eigenvalue weighted by atomic mass is 10.1. The van der Waals surface area contributed by atoms with Crippen LogP contribution in [-0.4, -0.2) is 64.4 Å². The highest BCUT2D eigenvalue weighted by Gasteiger charge is 2.19. The first-order chi connectivity index (χ1) is 18.2. The molecule has 9 heteroatoms. The summed E-state index contributed by atoms with van der Waals surface area (Å²) < 4.78 is 17.5. The summed E-state index contributed by atoms with van der Waals surface area (Å²) in [7, 11) is 0. The Balaban J connectivity index is 1.26. The van der Waals surface area contributed by atoms with E-state index in [1.807, 2.05) is 25.1 Å². The van der Waals surface area contributed by atoms with Crippen molar-refractivity contribution in [1.82, 2.24) is 20.4 Å². The normalized spacial score (nSPS) is 13.9. The van der Waals surface area contributed by atoms with Gasteiger partial charge >= 0.3 is 0 Å². The highest BCUT2D eigenvalue weighted by molar-refractivity contribution is 5.59. The standard InChI is InChI=1S/C28H38N4O5/c1-20-16-21(9-11-25(20)35-15-5-14-29-23(17-33)18-34)10-12-26-31-28(37-32-26)24-8-4-13-30-27(24)36-19-22-6-2-3-7-22/h4,8-9,11,13,16,22-23,29,33-34H,2-3,5-7,10,12,14-15,17-19H2,1H3. The van der Waals surface area contributed by atoms with Gasteiger partial charge in [-0.2, -0.15) is 4.98 Å². The van der Waals surface area contributed by atoms with Crippen LogP contribution in [0, 0.1) is 12.8 Å². The van der Waals surface area contributed by atoms with Crippen molar-refractivity contribution in [3.05, 3.63) is 53.5 Å². The van der Waals surface area contributed by atoms with Crippen molar-refractivity contribution in [2.24, 2.45) is 5.92 Å². The largest absolute Gasteiger partial charge is 0.493 e. The quantitative estimate of drug-likeness (QED) is 0.264. The fraction of sp³-hybridized carbons (Fsp3) is 0.536. The fourth-order valence-electron chi connectivity index (χ4n) is 4.54. The lowest BCUT2D eigenvalue weighted by Crippen LogP contribution is -2.36. The van der Waals surface area contributed by atoms with E-state index in [1.165, 1.54) is 31.2 Å². The van der Waals surface area contributed by atoms with Crippen molar-refractivity contribution in [3.63, 3.8) is 0 Å². The van der Waals surface area contributed by atoms with Gasteiger partial charge in [-0.3, -0.25) is 0 Å². The number of aliphatic hydroxyl groups is 2. The molecule has 4 rings (SSSR count). The SMILES string of the molecule is Cc1cc(CCc2noc(-c3cccnc3OCC3CCCC3)n2)ccc1OCCCNC(CO)CO. The van der Waals surface area contributed by atoms with E-state index < -0.39 is 0 Å². The summed E-state index contributed by atoms with van der Waals surface area (Å²) in [6.45, 7) is 3.78. The van der Waals surface area contributed by atoms with Gasteiger partial charge in [0.15, 0.2) is 5.82 Å². The van der Waals surface area contributed by atoms with E-state index in [2.05, 4.69) is 32.6 Å². The van der Waals surface area contributed by atoms with E-state index in [-0.39, 0.29) is 19.3 Å². The maximum absolute atomic E-state index is 9.08. The number of hydrogen-bond acceptors (Lipinski definition) is 9. The maximum Gasteiger partial charge on any atom is 0.263 e. The van der Waals surface area contributed by atoms with Crippen LogP contribution in [0.25, 0.3) is 11.5 Å². The molecule has 0 amide bonds. The van der Waals surface area contributed by atoms with Gasteiger partial charge in [-0.25, -0.2) is 4.98 Å². The number of rotatable bonds is 15. The molecule has 1 aromatic carbocycles. The Morgan fingerprint density at radius 2 is 1.95 bits per heavy atom. The fourth-order valence-corrected chi connectivity index (χ4v) is 4.54.